The minimum atomic E-state index is 0.929. The summed E-state index contributed by atoms with van der Waals surface area (Å²) in [5.41, 5.74) is 8.56. The molecule has 1 aliphatic carbocycles. The number of nitrogens with one attached hydrogen (secondary N) is 1. The molecule has 1 heteroatoms. The molecule has 0 heterocycles. The first-order chi connectivity index (χ1) is 9.28. The van der Waals surface area contributed by atoms with E-state index in [4.69, 9.17) is 0 Å². The van der Waals surface area contributed by atoms with Crippen LogP contribution in [0, 0.1) is 6.92 Å². The first-order valence-electron chi connectivity index (χ1n) is 7.14. The van der Waals surface area contributed by atoms with Crippen LogP contribution in [0.3, 0.4) is 0 Å². The minimum absolute atomic E-state index is 0.929. The maximum atomic E-state index is 3.22. The van der Waals surface area contributed by atoms with Crippen LogP contribution in [0.4, 0.5) is 0 Å². The van der Waals surface area contributed by atoms with Crippen LogP contribution in [-0.4, -0.2) is 7.05 Å². The third-order valence-corrected chi connectivity index (χ3v) is 4.09. The van der Waals surface area contributed by atoms with Crippen LogP contribution in [0.25, 0.3) is 11.1 Å². The Kier molecular flexibility index (Phi) is 3.39. The fourth-order valence-electron chi connectivity index (χ4n) is 3.03. The Balaban J connectivity index is 2.03. The highest BCUT2D eigenvalue weighted by Gasteiger charge is 2.12. The molecular formula is C18H21N. The molecule has 0 bridgehead atoms. The van der Waals surface area contributed by atoms with Crippen LogP contribution in [-0.2, 0) is 19.4 Å². The SMILES string of the molecule is CNCc1ccc(C)c(-c2ccc3c(c2)CCC3)c1. The number of hydrogen-bond acceptors (Lipinski definition) is 1. The lowest BCUT2D eigenvalue weighted by Crippen LogP contribution is -2.05. The molecule has 0 amide bonds. The molecule has 2 aromatic rings. The van der Waals surface area contributed by atoms with E-state index < -0.39 is 0 Å². The number of fused-ring (bicyclic) bond motifs is 1. The molecule has 3 rings (SSSR count). The van der Waals surface area contributed by atoms with Crippen molar-refractivity contribution >= 4 is 0 Å². The van der Waals surface area contributed by atoms with Crippen molar-refractivity contribution in [3.05, 3.63) is 58.7 Å². The lowest BCUT2D eigenvalue weighted by atomic mass is 9.95. The fraction of sp³-hybridized carbons (Fsp3) is 0.333. The van der Waals surface area contributed by atoms with Gasteiger partial charge in [0.05, 0.1) is 0 Å². The van der Waals surface area contributed by atoms with Gasteiger partial charge in [-0.05, 0) is 72.7 Å². The van der Waals surface area contributed by atoms with E-state index in [1.165, 1.54) is 41.5 Å². The summed E-state index contributed by atoms with van der Waals surface area (Å²) in [5.74, 6) is 0. The first-order valence-corrected chi connectivity index (χ1v) is 7.14. The van der Waals surface area contributed by atoms with Crippen LogP contribution >= 0.6 is 0 Å². The smallest absolute Gasteiger partial charge is 0.0202 e. The molecule has 0 saturated heterocycles. The number of rotatable bonds is 3. The van der Waals surface area contributed by atoms with Crippen molar-refractivity contribution in [1.29, 1.82) is 0 Å². The van der Waals surface area contributed by atoms with Gasteiger partial charge in [-0.25, -0.2) is 0 Å². The quantitative estimate of drug-likeness (QED) is 0.873. The summed E-state index contributed by atoms with van der Waals surface area (Å²) in [6, 6.07) is 13.8. The van der Waals surface area contributed by atoms with Crippen LogP contribution in [0.15, 0.2) is 36.4 Å². The highest BCUT2D eigenvalue weighted by Crippen LogP contribution is 2.30. The van der Waals surface area contributed by atoms with Crippen LogP contribution < -0.4 is 5.32 Å². The molecule has 98 valence electrons. The topological polar surface area (TPSA) is 12.0 Å². The van der Waals surface area contributed by atoms with Gasteiger partial charge in [0.25, 0.3) is 0 Å². The van der Waals surface area contributed by atoms with Gasteiger partial charge in [0.15, 0.2) is 0 Å². The monoisotopic (exact) mass is 251 g/mol. The first kappa shape index (κ1) is 12.4. The second-order valence-electron chi connectivity index (χ2n) is 5.52. The van der Waals surface area contributed by atoms with Crippen LogP contribution in [0.1, 0.15) is 28.7 Å². The summed E-state index contributed by atoms with van der Waals surface area (Å²) >= 11 is 0. The Morgan fingerprint density at radius 2 is 1.84 bits per heavy atom. The van der Waals surface area contributed by atoms with E-state index in [0.29, 0.717) is 0 Å². The zero-order valence-electron chi connectivity index (χ0n) is 11.8. The lowest BCUT2D eigenvalue weighted by molar-refractivity contribution is 0.818. The minimum Gasteiger partial charge on any atom is -0.316 e. The second kappa shape index (κ2) is 5.18. The Hall–Kier alpha value is -1.60. The number of benzene rings is 2. The second-order valence-corrected chi connectivity index (χ2v) is 5.52. The molecule has 2 aromatic carbocycles. The van der Waals surface area contributed by atoms with Crippen LogP contribution in [0.2, 0.25) is 0 Å². The van der Waals surface area contributed by atoms with Crippen molar-refractivity contribution in [2.75, 3.05) is 7.05 Å². The van der Waals surface area contributed by atoms with Gasteiger partial charge >= 0.3 is 0 Å². The van der Waals surface area contributed by atoms with E-state index in [1.54, 1.807) is 11.1 Å². The molecule has 1 N–H and O–H groups in total. The van der Waals surface area contributed by atoms with Gasteiger partial charge in [-0.3, -0.25) is 0 Å². The summed E-state index contributed by atoms with van der Waals surface area (Å²) in [6.07, 6.45) is 3.82. The molecule has 0 aromatic heterocycles. The van der Waals surface area contributed by atoms with Gasteiger partial charge in [-0.1, -0.05) is 30.3 Å². The molecular weight excluding hydrogens is 230 g/mol. The number of aryl methyl sites for hydroxylation is 3. The van der Waals surface area contributed by atoms with Crippen molar-refractivity contribution in [2.45, 2.75) is 32.7 Å². The fourth-order valence-corrected chi connectivity index (χ4v) is 3.03. The summed E-state index contributed by atoms with van der Waals surface area (Å²) in [6.45, 7) is 3.13. The summed E-state index contributed by atoms with van der Waals surface area (Å²) < 4.78 is 0. The van der Waals surface area contributed by atoms with E-state index in [-0.39, 0.29) is 0 Å². The van der Waals surface area contributed by atoms with E-state index in [0.717, 1.165) is 6.54 Å². The predicted octanol–water partition coefficient (Wildman–Crippen LogP) is 3.87. The average Bonchev–Trinajstić information content (AvgIpc) is 2.88. The summed E-state index contributed by atoms with van der Waals surface area (Å²) in [7, 11) is 1.99. The molecule has 0 spiro atoms. The van der Waals surface area contributed by atoms with E-state index >= 15 is 0 Å². The molecule has 1 nitrogen and oxygen atoms in total. The molecule has 1 aliphatic rings. The number of hydrogen-bond donors (Lipinski definition) is 1. The predicted molar refractivity (Wildman–Crippen MR) is 81.4 cm³/mol. The van der Waals surface area contributed by atoms with Crippen molar-refractivity contribution < 1.29 is 0 Å². The average molecular weight is 251 g/mol. The van der Waals surface area contributed by atoms with Gasteiger partial charge in [0, 0.05) is 6.54 Å². The molecule has 0 aliphatic heterocycles. The highest BCUT2D eigenvalue weighted by atomic mass is 14.8. The van der Waals surface area contributed by atoms with Gasteiger partial charge in [-0.2, -0.15) is 0 Å². The van der Waals surface area contributed by atoms with Crippen molar-refractivity contribution in [3.8, 4) is 11.1 Å². The highest BCUT2D eigenvalue weighted by molar-refractivity contribution is 5.69. The van der Waals surface area contributed by atoms with Crippen LogP contribution in [0.5, 0.6) is 0 Å². The summed E-state index contributed by atoms with van der Waals surface area (Å²) in [4.78, 5) is 0. The normalized spacial score (nSPS) is 13.6. The Morgan fingerprint density at radius 3 is 2.68 bits per heavy atom. The van der Waals surface area contributed by atoms with Crippen molar-refractivity contribution in [2.24, 2.45) is 0 Å². The molecule has 0 saturated carbocycles. The third-order valence-electron chi connectivity index (χ3n) is 4.09. The third kappa shape index (κ3) is 2.43. The molecule has 0 atom stereocenters. The zero-order valence-corrected chi connectivity index (χ0v) is 11.8. The van der Waals surface area contributed by atoms with Gasteiger partial charge in [-0.15, -0.1) is 0 Å². The molecule has 0 fully saturated rings. The lowest BCUT2D eigenvalue weighted by Gasteiger charge is -2.11. The maximum Gasteiger partial charge on any atom is 0.0202 e. The Labute approximate surface area is 115 Å². The molecule has 19 heavy (non-hydrogen) atoms. The van der Waals surface area contributed by atoms with E-state index in [9.17, 15) is 0 Å². The van der Waals surface area contributed by atoms with Gasteiger partial charge in [0.1, 0.15) is 0 Å². The standard InChI is InChI=1S/C18H21N/c1-13-6-7-14(12-19-2)10-18(13)17-9-8-15-4-3-5-16(15)11-17/h6-11,19H,3-5,12H2,1-2H3. The van der Waals surface area contributed by atoms with Crippen molar-refractivity contribution in [1.82, 2.24) is 5.32 Å². The van der Waals surface area contributed by atoms with Crippen molar-refractivity contribution in [3.63, 3.8) is 0 Å². The molecule has 0 unspecified atom stereocenters. The molecule has 0 radical (unpaired) electrons. The summed E-state index contributed by atoms with van der Waals surface area (Å²) in [5, 5.41) is 3.22. The maximum absolute atomic E-state index is 3.22. The zero-order chi connectivity index (χ0) is 13.2. The Morgan fingerprint density at radius 1 is 1.00 bits per heavy atom. The van der Waals surface area contributed by atoms with E-state index in [1.807, 2.05) is 7.05 Å². The van der Waals surface area contributed by atoms with E-state index in [2.05, 4.69) is 48.6 Å². The van der Waals surface area contributed by atoms with Gasteiger partial charge < -0.3 is 5.32 Å². The van der Waals surface area contributed by atoms with Gasteiger partial charge in [0.2, 0.25) is 0 Å². The largest absolute Gasteiger partial charge is 0.316 e. The Bertz CT molecular complexity index is 599.